The first kappa shape index (κ1) is 18.3. The molecule has 0 unspecified atom stereocenters. The van der Waals surface area contributed by atoms with Gasteiger partial charge in [-0.05, 0) is 61.6 Å². The number of para-hydroxylation sites is 1. The zero-order chi connectivity index (χ0) is 17.7. The van der Waals surface area contributed by atoms with Crippen molar-refractivity contribution in [2.24, 2.45) is 0 Å². The van der Waals surface area contributed by atoms with Gasteiger partial charge in [-0.2, -0.15) is 0 Å². The Morgan fingerprint density at radius 3 is 2.33 bits per heavy atom. The normalized spacial score (nSPS) is 11.9. The molecule has 24 heavy (non-hydrogen) atoms. The van der Waals surface area contributed by atoms with Crippen molar-refractivity contribution in [1.82, 2.24) is 0 Å². The predicted octanol–water partition coefficient (Wildman–Crippen LogP) is 5.18. The lowest BCUT2D eigenvalue weighted by molar-refractivity contribution is -0.122. The van der Waals surface area contributed by atoms with E-state index < -0.39 is 6.10 Å². The topological polar surface area (TPSA) is 38.3 Å². The van der Waals surface area contributed by atoms with Crippen molar-refractivity contribution >= 4 is 23.2 Å². The fourth-order valence-corrected chi connectivity index (χ4v) is 2.84. The third-order valence-corrected chi connectivity index (χ3v) is 4.29. The maximum absolute atomic E-state index is 12.6. The van der Waals surface area contributed by atoms with Crippen LogP contribution < -0.4 is 10.1 Å². The molecular formula is C20H24ClNO2. The summed E-state index contributed by atoms with van der Waals surface area (Å²) in [4.78, 5) is 12.6. The van der Waals surface area contributed by atoms with Crippen LogP contribution >= 0.6 is 11.6 Å². The van der Waals surface area contributed by atoms with Crippen LogP contribution in [0.2, 0.25) is 5.02 Å². The highest BCUT2D eigenvalue weighted by Crippen LogP contribution is 2.25. The van der Waals surface area contributed by atoms with Crippen LogP contribution in [-0.4, -0.2) is 12.0 Å². The minimum atomic E-state index is -0.598. The van der Waals surface area contributed by atoms with Gasteiger partial charge in [-0.1, -0.05) is 43.6 Å². The number of hydrogen-bond donors (Lipinski definition) is 1. The van der Waals surface area contributed by atoms with Gasteiger partial charge in [0.15, 0.2) is 6.10 Å². The number of carbonyl (C=O) groups excluding carboxylic acids is 1. The van der Waals surface area contributed by atoms with Crippen LogP contribution in [0.4, 0.5) is 5.69 Å². The molecule has 1 atom stereocenters. The molecule has 1 N–H and O–H groups in total. The number of carbonyl (C=O) groups is 1. The maximum atomic E-state index is 12.6. The second-order valence-electron chi connectivity index (χ2n) is 5.82. The molecule has 0 aliphatic rings. The van der Waals surface area contributed by atoms with Crippen LogP contribution in [0.5, 0.6) is 5.75 Å². The highest BCUT2D eigenvalue weighted by Gasteiger charge is 2.18. The number of anilines is 1. The van der Waals surface area contributed by atoms with Gasteiger partial charge in [0.25, 0.3) is 5.91 Å². The molecule has 2 aromatic carbocycles. The lowest BCUT2D eigenvalue weighted by atomic mass is 10.0. The molecule has 0 saturated carbocycles. The summed E-state index contributed by atoms with van der Waals surface area (Å²) in [5.41, 5.74) is 4.09. The minimum absolute atomic E-state index is 0.153. The van der Waals surface area contributed by atoms with Crippen molar-refractivity contribution in [3.63, 3.8) is 0 Å². The number of nitrogens with one attached hydrogen (secondary N) is 1. The fourth-order valence-electron chi connectivity index (χ4n) is 2.62. The molecule has 2 aromatic rings. The van der Waals surface area contributed by atoms with E-state index in [0.29, 0.717) is 10.8 Å². The van der Waals surface area contributed by atoms with Crippen molar-refractivity contribution in [2.45, 2.75) is 46.6 Å². The number of rotatable bonds is 6. The van der Waals surface area contributed by atoms with E-state index in [9.17, 15) is 4.79 Å². The standard InChI is InChI=1S/C20H24ClNO2/c1-5-15-8-7-9-16(6-2)19(15)22-20(23)14(4)24-18-11-10-17(21)12-13(18)3/h7-12,14H,5-6H2,1-4H3,(H,22,23)/t14-/m0/s1. The van der Waals surface area contributed by atoms with Crippen molar-refractivity contribution in [1.29, 1.82) is 0 Å². The molecule has 0 saturated heterocycles. The molecule has 2 rings (SSSR count). The fraction of sp³-hybridized carbons (Fsp3) is 0.350. The van der Waals surface area contributed by atoms with E-state index in [2.05, 4.69) is 19.2 Å². The van der Waals surface area contributed by atoms with Crippen molar-refractivity contribution in [2.75, 3.05) is 5.32 Å². The van der Waals surface area contributed by atoms with Crippen LogP contribution in [-0.2, 0) is 17.6 Å². The Bertz CT molecular complexity index is 705. The number of hydrogen-bond acceptors (Lipinski definition) is 2. The van der Waals surface area contributed by atoms with Gasteiger partial charge in [-0.15, -0.1) is 0 Å². The number of amides is 1. The molecule has 1 amide bonds. The highest BCUT2D eigenvalue weighted by molar-refractivity contribution is 6.30. The summed E-state index contributed by atoms with van der Waals surface area (Å²) < 4.78 is 5.81. The van der Waals surface area contributed by atoms with Crippen molar-refractivity contribution in [3.05, 3.63) is 58.1 Å². The summed E-state index contributed by atoms with van der Waals surface area (Å²) in [6.07, 6.45) is 1.14. The number of aryl methyl sites for hydroxylation is 3. The highest BCUT2D eigenvalue weighted by atomic mass is 35.5. The van der Waals surface area contributed by atoms with E-state index in [1.165, 1.54) is 0 Å². The average Bonchev–Trinajstić information content (AvgIpc) is 2.57. The molecule has 0 spiro atoms. The molecule has 0 aliphatic heterocycles. The quantitative estimate of drug-likeness (QED) is 0.783. The number of ether oxygens (including phenoxy) is 1. The summed E-state index contributed by atoms with van der Waals surface area (Å²) in [5.74, 6) is 0.515. The van der Waals surface area contributed by atoms with Crippen LogP contribution in [0.3, 0.4) is 0 Å². The zero-order valence-corrected chi connectivity index (χ0v) is 15.4. The Morgan fingerprint density at radius 2 is 1.79 bits per heavy atom. The van der Waals surface area contributed by atoms with Gasteiger partial charge < -0.3 is 10.1 Å². The average molecular weight is 346 g/mol. The van der Waals surface area contributed by atoms with Gasteiger partial charge in [-0.3, -0.25) is 4.79 Å². The molecular weight excluding hydrogens is 322 g/mol. The summed E-state index contributed by atoms with van der Waals surface area (Å²) in [7, 11) is 0. The Balaban J connectivity index is 2.15. The van der Waals surface area contributed by atoms with E-state index in [0.717, 1.165) is 35.2 Å². The zero-order valence-electron chi connectivity index (χ0n) is 14.7. The first-order chi connectivity index (χ1) is 11.5. The van der Waals surface area contributed by atoms with Gasteiger partial charge in [0.05, 0.1) is 0 Å². The van der Waals surface area contributed by atoms with Gasteiger partial charge in [-0.25, -0.2) is 0 Å². The minimum Gasteiger partial charge on any atom is -0.481 e. The van der Waals surface area contributed by atoms with E-state index in [-0.39, 0.29) is 5.91 Å². The third-order valence-electron chi connectivity index (χ3n) is 4.06. The predicted molar refractivity (Wildman–Crippen MR) is 100 cm³/mol. The van der Waals surface area contributed by atoms with E-state index in [1.54, 1.807) is 19.1 Å². The van der Waals surface area contributed by atoms with Crippen LogP contribution in [0.1, 0.15) is 37.5 Å². The van der Waals surface area contributed by atoms with Crippen LogP contribution in [0.15, 0.2) is 36.4 Å². The van der Waals surface area contributed by atoms with Crippen LogP contribution in [0, 0.1) is 6.92 Å². The molecule has 0 bridgehead atoms. The van der Waals surface area contributed by atoms with Gasteiger partial charge in [0.2, 0.25) is 0 Å². The molecule has 0 aliphatic carbocycles. The summed E-state index contributed by atoms with van der Waals surface area (Å²) in [6, 6.07) is 11.5. The first-order valence-corrected chi connectivity index (χ1v) is 8.68. The Labute approximate surface area is 149 Å². The molecule has 0 aromatic heterocycles. The SMILES string of the molecule is CCc1cccc(CC)c1NC(=O)[C@H](C)Oc1ccc(Cl)cc1C. The van der Waals surface area contributed by atoms with Crippen LogP contribution in [0.25, 0.3) is 0 Å². The molecule has 0 radical (unpaired) electrons. The van der Waals surface area contributed by atoms with Gasteiger partial charge in [0, 0.05) is 10.7 Å². The van der Waals surface area contributed by atoms with E-state index >= 15 is 0 Å². The Morgan fingerprint density at radius 1 is 1.17 bits per heavy atom. The smallest absolute Gasteiger partial charge is 0.265 e. The van der Waals surface area contributed by atoms with Crippen molar-refractivity contribution in [3.8, 4) is 5.75 Å². The lowest BCUT2D eigenvalue weighted by Crippen LogP contribution is -2.31. The Kier molecular flexibility index (Phi) is 6.27. The summed E-state index contributed by atoms with van der Waals surface area (Å²) in [6.45, 7) is 7.83. The van der Waals surface area contributed by atoms with Gasteiger partial charge in [0.1, 0.15) is 5.75 Å². The third kappa shape index (κ3) is 4.30. The molecule has 128 valence electrons. The molecule has 3 nitrogen and oxygen atoms in total. The summed E-state index contributed by atoms with van der Waals surface area (Å²) >= 11 is 5.96. The first-order valence-electron chi connectivity index (χ1n) is 8.30. The van der Waals surface area contributed by atoms with E-state index in [4.69, 9.17) is 16.3 Å². The summed E-state index contributed by atoms with van der Waals surface area (Å²) in [5, 5.41) is 3.70. The van der Waals surface area contributed by atoms with Crippen molar-refractivity contribution < 1.29 is 9.53 Å². The molecule has 0 heterocycles. The largest absolute Gasteiger partial charge is 0.481 e. The number of halogens is 1. The maximum Gasteiger partial charge on any atom is 0.265 e. The lowest BCUT2D eigenvalue weighted by Gasteiger charge is -2.19. The molecule has 0 fully saturated rings. The number of benzene rings is 2. The monoisotopic (exact) mass is 345 g/mol. The van der Waals surface area contributed by atoms with Gasteiger partial charge >= 0.3 is 0 Å². The second kappa shape index (κ2) is 8.20. The molecule has 4 heteroatoms. The Hall–Kier alpha value is -2.00. The second-order valence-corrected chi connectivity index (χ2v) is 6.25. The van der Waals surface area contributed by atoms with E-state index in [1.807, 2.05) is 31.2 Å².